The maximum atomic E-state index is 11.0. The fourth-order valence-corrected chi connectivity index (χ4v) is 2.65. The van der Waals surface area contributed by atoms with Crippen molar-refractivity contribution in [2.75, 3.05) is 12.4 Å². The summed E-state index contributed by atoms with van der Waals surface area (Å²) >= 11 is 1.63. The van der Waals surface area contributed by atoms with E-state index in [1.807, 2.05) is 24.7 Å². The molecule has 1 aromatic carbocycles. The molecule has 20 heavy (non-hydrogen) atoms. The average Bonchev–Trinajstić information content (AvgIpc) is 2.73. The van der Waals surface area contributed by atoms with E-state index in [1.54, 1.807) is 30.0 Å². The number of carboxylic acid groups (broad SMARTS) is 1. The SMILES string of the molecule is Cc1cc(SCCOc2ccccc2C(=O)O)n(C)n1. The molecule has 0 radical (unpaired) electrons. The summed E-state index contributed by atoms with van der Waals surface area (Å²) in [6.45, 7) is 2.39. The van der Waals surface area contributed by atoms with Gasteiger partial charge in [-0.15, -0.1) is 11.8 Å². The average molecular weight is 292 g/mol. The lowest BCUT2D eigenvalue weighted by Gasteiger charge is -2.08. The zero-order chi connectivity index (χ0) is 14.5. The summed E-state index contributed by atoms with van der Waals surface area (Å²) in [6.07, 6.45) is 0. The van der Waals surface area contributed by atoms with Gasteiger partial charge in [-0.25, -0.2) is 4.79 Å². The number of nitrogens with zero attached hydrogens (tertiary/aromatic N) is 2. The predicted octanol–water partition coefficient (Wildman–Crippen LogP) is 2.60. The highest BCUT2D eigenvalue weighted by Gasteiger charge is 2.10. The maximum Gasteiger partial charge on any atom is 0.339 e. The highest BCUT2D eigenvalue weighted by atomic mass is 32.2. The molecular weight excluding hydrogens is 276 g/mol. The topological polar surface area (TPSA) is 64.3 Å². The van der Waals surface area contributed by atoms with Crippen molar-refractivity contribution >= 4 is 17.7 Å². The van der Waals surface area contributed by atoms with Crippen LogP contribution in [0.1, 0.15) is 16.1 Å². The minimum absolute atomic E-state index is 0.189. The molecule has 1 aromatic heterocycles. The van der Waals surface area contributed by atoms with E-state index in [0.717, 1.165) is 16.5 Å². The molecule has 2 rings (SSSR count). The van der Waals surface area contributed by atoms with Gasteiger partial charge in [0.2, 0.25) is 0 Å². The Labute approximate surface area is 121 Å². The monoisotopic (exact) mass is 292 g/mol. The summed E-state index contributed by atoms with van der Waals surface area (Å²) in [4.78, 5) is 11.0. The molecule has 0 aliphatic carbocycles. The number of hydrogen-bond acceptors (Lipinski definition) is 4. The summed E-state index contributed by atoms with van der Waals surface area (Å²) in [6, 6.07) is 8.66. The highest BCUT2D eigenvalue weighted by Crippen LogP contribution is 2.20. The fraction of sp³-hybridized carbons (Fsp3) is 0.286. The van der Waals surface area contributed by atoms with Crippen LogP contribution in [0.3, 0.4) is 0 Å². The Morgan fingerprint density at radius 1 is 1.45 bits per heavy atom. The molecule has 0 fully saturated rings. The third kappa shape index (κ3) is 3.54. The number of aromatic carboxylic acids is 1. The van der Waals surface area contributed by atoms with Crippen LogP contribution in [-0.2, 0) is 7.05 Å². The second kappa shape index (κ2) is 6.47. The number of ether oxygens (including phenoxy) is 1. The third-order valence-corrected chi connectivity index (χ3v) is 3.72. The zero-order valence-electron chi connectivity index (χ0n) is 11.4. The molecule has 106 valence electrons. The van der Waals surface area contributed by atoms with Crippen LogP contribution in [0.2, 0.25) is 0 Å². The normalized spacial score (nSPS) is 10.5. The van der Waals surface area contributed by atoms with E-state index >= 15 is 0 Å². The molecule has 6 heteroatoms. The molecular formula is C14H16N2O3S. The number of carboxylic acids is 1. The standard InChI is InChI=1S/C14H16N2O3S/c1-10-9-13(16(2)15-10)20-8-7-19-12-6-4-3-5-11(12)14(17)18/h3-6,9H,7-8H2,1-2H3,(H,17,18). The Kier molecular flexibility index (Phi) is 4.68. The van der Waals surface area contributed by atoms with Crippen molar-refractivity contribution in [2.24, 2.45) is 7.05 Å². The number of hydrogen-bond donors (Lipinski definition) is 1. The molecule has 0 saturated heterocycles. The van der Waals surface area contributed by atoms with E-state index in [0.29, 0.717) is 12.4 Å². The first kappa shape index (κ1) is 14.5. The minimum atomic E-state index is -0.976. The highest BCUT2D eigenvalue weighted by molar-refractivity contribution is 7.99. The van der Waals surface area contributed by atoms with Crippen molar-refractivity contribution < 1.29 is 14.6 Å². The summed E-state index contributed by atoms with van der Waals surface area (Å²) in [5.74, 6) is 0.157. The van der Waals surface area contributed by atoms with E-state index in [-0.39, 0.29) is 5.56 Å². The molecule has 1 N–H and O–H groups in total. The van der Waals surface area contributed by atoms with Crippen LogP contribution >= 0.6 is 11.8 Å². The molecule has 0 atom stereocenters. The number of aryl methyl sites for hydroxylation is 2. The van der Waals surface area contributed by atoms with Gasteiger partial charge in [0.15, 0.2) is 0 Å². The Balaban J connectivity index is 1.88. The summed E-state index contributed by atoms with van der Waals surface area (Å²) in [5, 5.41) is 14.4. The first-order valence-corrected chi connectivity index (χ1v) is 7.15. The van der Waals surface area contributed by atoms with Crippen LogP contribution in [-0.4, -0.2) is 33.2 Å². The van der Waals surface area contributed by atoms with E-state index in [9.17, 15) is 4.79 Å². The van der Waals surface area contributed by atoms with Crippen molar-refractivity contribution in [3.8, 4) is 5.75 Å². The van der Waals surface area contributed by atoms with Gasteiger partial charge in [-0.3, -0.25) is 4.68 Å². The second-order valence-corrected chi connectivity index (χ2v) is 5.36. The van der Waals surface area contributed by atoms with Crippen molar-refractivity contribution in [2.45, 2.75) is 11.9 Å². The van der Waals surface area contributed by atoms with Gasteiger partial charge in [0.1, 0.15) is 11.3 Å². The fourth-order valence-electron chi connectivity index (χ4n) is 1.79. The number of rotatable bonds is 6. The van der Waals surface area contributed by atoms with Gasteiger partial charge in [-0.2, -0.15) is 5.10 Å². The van der Waals surface area contributed by atoms with Crippen molar-refractivity contribution in [3.63, 3.8) is 0 Å². The van der Waals surface area contributed by atoms with E-state index in [1.165, 1.54) is 6.07 Å². The van der Waals surface area contributed by atoms with Crippen LogP contribution in [0.25, 0.3) is 0 Å². The van der Waals surface area contributed by atoms with E-state index in [4.69, 9.17) is 9.84 Å². The lowest BCUT2D eigenvalue weighted by atomic mass is 10.2. The quantitative estimate of drug-likeness (QED) is 0.655. The molecule has 1 heterocycles. The van der Waals surface area contributed by atoms with Crippen LogP contribution in [0.4, 0.5) is 0 Å². The smallest absolute Gasteiger partial charge is 0.339 e. The molecule has 0 saturated carbocycles. The summed E-state index contributed by atoms with van der Waals surface area (Å²) in [5.41, 5.74) is 1.17. The number of carbonyl (C=O) groups is 1. The van der Waals surface area contributed by atoms with Crippen LogP contribution in [0.5, 0.6) is 5.75 Å². The van der Waals surface area contributed by atoms with Gasteiger partial charge in [0.05, 0.1) is 17.3 Å². The summed E-state index contributed by atoms with van der Waals surface area (Å²) in [7, 11) is 1.90. The van der Waals surface area contributed by atoms with E-state index in [2.05, 4.69) is 5.10 Å². The molecule has 0 aliphatic rings. The molecule has 2 aromatic rings. The van der Waals surface area contributed by atoms with Crippen LogP contribution in [0, 0.1) is 6.92 Å². The van der Waals surface area contributed by atoms with Gasteiger partial charge in [-0.1, -0.05) is 12.1 Å². The van der Waals surface area contributed by atoms with Crippen molar-refractivity contribution in [3.05, 3.63) is 41.6 Å². The third-order valence-electron chi connectivity index (χ3n) is 2.67. The number of aromatic nitrogens is 2. The van der Waals surface area contributed by atoms with Crippen LogP contribution < -0.4 is 4.74 Å². The zero-order valence-corrected chi connectivity index (χ0v) is 12.2. The molecule has 0 aliphatic heterocycles. The first-order valence-electron chi connectivity index (χ1n) is 6.16. The lowest BCUT2D eigenvalue weighted by molar-refractivity contribution is 0.0692. The number of benzene rings is 1. The van der Waals surface area contributed by atoms with Gasteiger partial charge in [-0.05, 0) is 25.1 Å². The largest absolute Gasteiger partial charge is 0.492 e. The van der Waals surface area contributed by atoms with Gasteiger partial charge < -0.3 is 9.84 Å². The molecule has 5 nitrogen and oxygen atoms in total. The number of para-hydroxylation sites is 1. The number of thioether (sulfide) groups is 1. The van der Waals surface area contributed by atoms with Crippen molar-refractivity contribution in [1.29, 1.82) is 0 Å². The van der Waals surface area contributed by atoms with Crippen molar-refractivity contribution in [1.82, 2.24) is 9.78 Å². The molecule has 0 amide bonds. The minimum Gasteiger partial charge on any atom is -0.492 e. The van der Waals surface area contributed by atoms with Crippen LogP contribution in [0.15, 0.2) is 35.4 Å². The Hall–Kier alpha value is -1.95. The molecule has 0 spiro atoms. The Morgan fingerprint density at radius 2 is 2.20 bits per heavy atom. The second-order valence-electron chi connectivity index (χ2n) is 4.25. The lowest BCUT2D eigenvalue weighted by Crippen LogP contribution is -2.06. The first-order chi connectivity index (χ1) is 9.58. The van der Waals surface area contributed by atoms with Gasteiger partial charge >= 0.3 is 5.97 Å². The summed E-state index contributed by atoms with van der Waals surface area (Å²) < 4.78 is 7.36. The predicted molar refractivity (Wildman–Crippen MR) is 77.6 cm³/mol. The van der Waals surface area contributed by atoms with E-state index < -0.39 is 5.97 Å². The van der Waals surface area contributed by atoms with Gasteiger partial charge in [0.25, 0.3) is 0 Å². The Bertz CT molecular complexity index is 610. The molecule has 0 bridgehead atoms. The molecule has 0 unspecified atom stereocenters. The Morgan fingerprint density at radius 3 is 2.85 bits per heavy atom. The maximum absolute atomic E-state index is 11.0. The van der Waals surface area contributed by atoms with Gasteiger partial charge in [0, 0.05) is 12.8 Å².